The van der Waals surface area contributed by atoms with Gasteiger partial charge in [-0.05, 0) is 39.2 Å². The Bertz CT molecular complexity index is 611. The Morgan fingerprint density at radius 3 is 2.58 bits per heavy atom. The highest BCUT2D eigenvalue weighted by atomic mass is 16.5. The summed E-state index contributed by atoms with van der Waals surface area (Å²) in [7, 11) is 0. The summed E-state index contributed by atoms with van der Waals surface area (Å²) in [5, 5.41) is 0. The number of ether oxygens (including phenoxy) is 1. The molecule has 2 rings (SSSR count). The Morgan fingerprint density at radius 2 is 2.04 bits per heavy atom. The first-order valence-electron chi connectivity index (χ1n) is 8.71. The Labute approximate surface area is 145 Å². The van der Waals surface area contributed by atoms with Gasteiger partial charge < -0.3 is 9.64 Å². The molecule has 0 bridgehead atoms. The van der Waals surface area contributed by atoms with Crippen LogP contribution in [0, 0.1) is 0 Å². The Balaban J connectivity index is 2.49. The lowest BCUT2D eigenvalue weighted by molar-refractivity contribution is -0.142. The fourth-order valence-electron chi connectivity index (χ4n) is 3.34. The lowest BCUT2D eigenvalue weighted by Crippen LogP contribution is -2.58. The molecule has 3 atom stereocenters. The number of amides is 1. The van der Waals surface area contributed by atoms with E-state index in [2.05, 4.69) is 25.6 Å². The van der Waals surface area contributed by atoms with Crippen molar-refractivity contribution in [2.45, 2.75) is 58.2 Å². The van der Waals surface area contributed by atoms with Gasteiger partial charge >= 0.3 is 0 Å². The number of aliphatic imine (C=N–C) groups is 1. The summed E-state index contributed by atoms with van der Waals surface area (Å²) < 4.78 is 5.78. The highest BCUT2D eigenvalue weighted by molar-refractivity contribution is 5.98. The highest BCUT2D eigenvalue weighted by Crippen LogP contribution is 2.35. The monoisotopic (exact) mass is 328 g/mol. The summed E-state index contributed by atoms with van der Waals surface area (Å²) in [6.07, 6.45) is 2.92. The quantitative estimate of drug-likeness (QED) is 0.737. The van der Waals surface area contributed by atoms with Crippen LogP contribution in [0.1, 0.15) is 52.1 Å². The fourth-order valence-corrected chi connectivity index (χ4v) is 3.34. The van der Waals surface area contributed by atoms with Gasteiger partial charge in [0, 0.05) is 0 Å². The van der Waals surface area contributed by atoms with Crippen molar-refractivity contribution in [3.63, 3.8) is 0 Å². The van der Waals surface area contributed by atoms with Crippen LogP contribution in [0.15, 0.2) is 48.0 Å². The molecule has 1 aliphatic rings. The number of rotatable bonds is 6. The predicted molar refractivity (Wildman–Crippen MR) is 98.1 cm³/mol. The second kappa shape index (κ2) is 7.65. The highest BCUT2D eigenvalue weighted by Gasteiger charge is 2.47. The average molecular weight is 328 g/mol. The van der Waals surface area contributed by atoms with Crippen molar-refractivity contribution in [3.05, 3.63) is 48.6 Å². The zero-order valence-electron chi connectivity index (χ0n) is 15.2. The molecule has 1 heterocycles. The molecule has 0 N–H and O–H groups in total. The molecule has 0 unspecified atom stereocenters. The zero-order chi connectivity index (χ0) is 17.7. The first kappa shape index (κ1) is 18.2. The Hall–Kier alpha value is -2.10. The summed E-state index contributed by atoms with van der Waals surface area (Å²) in [6.45, 7) is 12.3. The number of hydrogen-bond donors (Lipinski definition) is 0. The largest absolute Gasteiger partial charge is 0.480 e. The van der Waals surface area contributed by atoms with Crippen LogP contribution in [0.25, 0.3) is 0 Å². The van der Waals surface area contributed by atoms with E-state index in [1.165, 1.54) is 0 Å². The Kier molecular flexibility index (Phi) is 5.81. The molecule has 24 heavy (non-hydrogen) atoms. The molecule has 1 amide bonds. The lowest BCUT2D eigenvalue weighted by Gasteiger charge is -2.44. The van der Waals surface area contributed by atoms with E-state index in [4.69, 9.17) is 9.73 Å². The van der Waals surface area contributed by atoms with Crippen molar-refractivity contribution in [2.24, 2.45) is 4.99 Å². The average Bonchev–Trinajstić information content (AvgIpc) is 2.60. The van der Waals surface area contributed by atoms with Gasteiger partial charge in [-0.1, -0.05) is 43.3 Å². The molecule has 130 valence electrons. The summed E-state index contributed by atoms with van der Waals surface area (Å²) in [5.74, 6) is 0.695. The number of carbonyl (C=O) groups excluding carboxylic acids is 1. The second-order valence-electron chi connectivity index (χ2n) is 6.24. The van der Waals surface area contributed by atoms with Crippen LogP contribution in [-0.2, 0) is 9.53 Å². The van der Waals surface area contributed by atoms with Crippen LogP contribution in [0.3, 0.4) is 0 Å². The van der Waals surface area contributed by atoms with Gasteiger partial charge in [-0.15, -0.1) is 6.58 Å². The van der Waals surface area contributed by atoms with E-state index in [0.717, 1.165) is 5.56 Å². The minimum atomic E-state index is -0.804. The summed E-state index contributed by atoms with van der Waals surface area (Å²) >= 11 is 0. The maximum atomic E-state index is 13.4. The van der Waals surface area contributed by atoms with Crippen LogP contribution in [0.4, 0.5) is 0 Å². The molecule has 4 heteroatoms. The van der Waals surface area contributed by atoms with E-state index in [0.29, 0.717) is 25.3 Å². The van der Waals surface area contributed by atoms with E-state index in [-0.39, 0.29) is 18.0 Å². The maximum Gasteiger partial charge on any atom is 0.252 e. The SMILES string of the molecule is C=CC[C@]1(CC)N=C(OCC)[C@@H](C)N([C@@H](C)c2ccccc2)C1=O. The standard InChI is InChI=1S/C20H28N2O2/c1-6-14-20(7-2)19(23)22(16(5)18(21-20)24-8-3)15(4)17-12-10-9-11-13-17/h6,9-13,15-16H,1,7-8,14H2,2-5H3/t15-,16+,20-/m0/s1. The molecular formula is C20H28N2O2. The number of hydrogen-bond acceptors (Lipinski definition) is 3. The van der Waals surface area contributed by atoms with Crippen molar-refractivity contribution >= 4 is 11.8 Å². The van der Waals surface area contributed by atoms with Crippen LogP contribution >= 0.6 is 0 Å². The third kappa shape index (κ3) is 3.23. The van der Waals surface area contributed by atoms with Gasteiger partial charge in [-0.2, -0.15) is 0 Å². The fraction of sp³-hybridized carbons (Fsp3) is 0.500. The lowest BCUT2D eigenvalue weighted by atomic mass is 9.87. The first-order valence-corrected chi connectivity index (χ1v) is 8.71. The van der Waals surface area contributed by atoms with E-state index in [1.54, 1.807) is 6.08 Å². The van der Waals surface area contributed by atoms with E-state index in [1.807, 2.05) is 43.9 Å². The molecule has 0 aliphatic carbocycles. The molecule has 0 fully saturated rings. The smallest absolute Gasteiger partial charge is 0.252 e. The molecule has 1 aliphatic heterocycles. The predicted octanol–water partition coefficient (Wildman–Crippen LogP) is 4.14. The summed E-state index contributed by atoms with van der Waals surface area (Å²) in [5.41, 5.74) is 0.306. The van der Waals surface area contributed by atoms with Crippen molar-refractivity contribution < 1.29 is 9.53 Å². The third-order valence-corrected chi connectivity index (χ3v) is 4.79. The minimum absolute atomic E-state index is 0.0459. The molecule has 4 nitrogen and oxygen atoms in total. The normalized spacial score (nSPS) is 25.2. The maximum absolute atomic E-state index is 13.4. The van der Waals surface area contributed by atoms with E-state index >= 15 is 0 Å². The van der Waals surface area contributed by atoms with Gasteiger partial charge in [-0.3, -0.25) is 4.79 Å². The second-order valence-corrected chi connectivity index (χ2v) is 6.24. The number of carbonyl (C=O) groups is 1. The van der Waals surface area contributed by atoms with Crippen LogP contribution in [0.5, 0.6) is 0 Å². The van der Waals surface area contributed by atoms with Crippen LogP contribution in [-0.4, -0.2) is 34.9 Å². The number of benzene rings is 1. The molecule has 0 aromatic heterocycles. The van der Waals surface area contributed by atoms with E-state index in [9.17, 15) is 4.79 Å². The minimum Gasteiger partial charge on any atom is -0.480 e. The molecule has 0 spiro atoms. The van der Waals surface area contributed by atoms with Gasteiger partial charge in [-0.25, -0.2) is 4.99 Å². The van der Waals surface area contributed by atoms with Crippen LogP contribution in [0.2, 0.25) is 0 Å². The molecule has 1 aromatic rings. The van der Waals surface area contributed by atoms with Gasteiger partial charge in [0.1, 0.15) is 11.6 Å². The van der Waals surface area contributed by atoms with Crippen molar-refractivity contribution in [1.82, 2.24) is 4.90 Å². The molecule has 0 saturated heterocycles. The summed E-state index contributed by atoms with van der Waals surface area (Å²) in [4.78, 5) is 20.0. The van der Waals surface area contributed by atoms with Crippen molar-refractivity contribution in [3.8, 4) is 0 Å². The number of nitrogens with zero attached hydrogens (tertiary/aromatic N) is 2. The van der Waals surface area contributed by atoms with Gasteiger partial charge in [0.2, 0.25) is 5.90 Å². The first-order chi connectivity index (χ1) is 11.5. The molecule has 0 saturated carbocycles. The molecular weight excluding hydrogens is 300 g/mol. The topological polar surface area (TPSA) is 41.9 Å². The zero-order valence-corrected chi connectivity index (χ0v) is 15.2. The molecule has 1 aromatic carbocycles. The van der Waals surface area contributed by atoms with Crippen molar-refractivity contribution in [1.29, 1.82) is 0 Å². The Morgan fingerprint density at radius 1 is 1.38 bits per heavy atom. The van der Waals surface area contributed by atoms with Gasteiger partial charge in [0.25, 0.3) is 5.91 Å². The third-order valence-electron chi connectivity index (χ3n) is 4.79. The van der Waals surface area contributed by atoms with E-state index < -0.39 is 5.54 Å². The van der Waals surface area contributed by atoms with Gasteiger partial charge in [0.05, 0.1) is 12.6 Å². The van der Waals surface area contributed by atoms with Crippen molar-refractivity contribution in [2.75, 3.05) is 6.61 Å². The van der Waals surface area contributed by atoms with Gasteiger partial charge in [0.15, 0.2) is 0 Å². The van der Waals surface area contributed by atoms with Crippen LogP contribution < -0.4 is 0 Å². The summed E-state index contributed by atoms with van der Waals surface area (Å²) in [6, 6.07) is 9.86. The molecule has 0 radical (unpaired) electrons.